The van der Waals surface area contributed by atoms with E-state index in [4.69, 9.17) is 22.7 Å². The minimum atomic E-state index is -4.73. The van der Waals surface area contributed by atoms with Gasteiger partial charge in [-0.2, -0.15) is 13.2 Å². The van der Waals surface area contributed by atoms with Gasteiger partial charge in [-0.05, 0) is 12.8 Å². The molecule has 0 bridgehead atoms. The van der Waals surface area contributed by atoms with E-state index in [1.807, 2.05) is 6.92 Å². The fraction of sp³-hybridized carbons (Fsp3) is 0.625. The Labute approximate surface area is 85.4 Å². The Hall–Kier alpha value is -0.710. The van der Waals surface area contributed by atoms with Gasteiger partial charge >= 0.3 is 6.18 Å². The van der Waals surface area contributed by atoms with Crippen LogP contribution in [0.25, 0.3) is 0 Å². The summed E-state index contributed by atoms with van der Waals surface area (Å²) >= 11 is 5.31. The normalized spacial score (nSPS) is 13.8. The number of nitrogens with two attached hydrogens (primary N) is 1. The smallest absolute Gasteiger partial charge is 0.401 e. The number of nitrogens with one attached hydrogen (secondary N) is 1. The monoisotopic (exact) mass is 228 g/mol. The van der Waals surface area contributed by atoms with Crippen LogP contribution in [0.1, 0.15) is 26.2 Å². The van der Waals surface area contributed by atoms with E-state index in [-0.39, 0.29) is 12.1 Å². The predicted octanol–water partition coefficient (Wildman–Crippen LogP) is 3.17. The summed E-state index contributed by atoms with van der Waals surface area (Å²) in [7, 11) is 0. The van der Waals surface area contributed by atoms with E-state index in [0.717, 1.165) is 6.42 Å². The molecule has 0 spiro atoms. The van der Waals surface area contributed by atoms with Crippen LogP contribution in [-0.2, 0) is 0 Å². The van der Waals surface area contributed by atoms with Crippen molar-refractivity contribution in [3.05, 3.63) is 10.7 Å². The maximum Gasteiger partial charge on any atom is 0.434 e. The van der Waals surface area contributed by atoms with Crippen LogP contribution in [-0.4, -0.2) is 11.9 Å². The third-order valence-corrected chi connectivity index (χ3v) is 2.02. The molecule has 82 valence electrons. The lowest BCUT2D eigenvalue weighted by atomic mass is 10.2. The van der Waals surface area contributed by atoms with Gasteiger partial charge in [-0.25, -0.2) is 0 Å². The molecule has 0 heterocycles. The Morgan fingerprint density at radius 2 is 1.93 bits per heavy atom. The van der Waals surface area contributed by atoms with Crippen molar-refractivity contribution < 1.29 is 13.2 Å². The molecule has 6 heteroatoms. The second-order valence-corrected chi connectivity index (χ2v) is 3.19. The molecule has 0 aromatic carbocycles. The number of rotatable bonds is 4. The van der Waals surface area contributed by atoms with Crippen molar-refractivity contribution in [3.8, 4) is 0 Å². The van der Waals surface area contributed by atoms with Crippen LogP contribution >= 0.6 is 11.6 Å². The molecule has 0 aliphatic carbocycles. The molecule has 0 aliphatic rings. The topological polar surface area (TPSA) is 49.9 Å². The molecule has 0 aromatic rings. The molecule has 0 fully saturated rings. The lowest BCUT2D eigenvalue weighted by Crippen LogP contribution is -2.24. The largest absolute Gasteiger partial charge is 0.434 e. The van der Waals surface area contributed by atoms with Crippen molar-refractivity contribution in [3.63, 3.8) is 0 Å². The summed E-state index contributed by atoms with van der Waals surface area (Å²) in [5.41, 5.74) is 3.66. The molecule has 0 unspecified atom stereocenters. The molecule has 0 amide bonds. The molecule has 0 saturated heterocycles. The van der Waals surface area contributed by atoms with E-state index in [1.54, 1.807) is 0 Å². The summed E-state index contributed by atoms with van der Waals surface area (Å²) in [6, 6.07) is 0. The van der Waals surface area contributed by atoms with E-state index < -0.39 is 16.9 Å². The maximum atomic E-state index is 12.0. The first-order valence-electron chi connectivity index (χ1n) is 4.11. The van der Waals surface area contributed by atoms with Crippen molar-refractivity contribution >= 4 is 17.3 Å². The van der Waals surface area contributed by atoms with Crippen molar-refractivity contribution in [2.45, 2.75) is 32.4 Å². The van der Waals surface area contributed by atoms with E-state index in [1.165, 1.54) is 0 Å². The van der Waals surface area contributed by atoms with Gasteiger partial charge in [-0.3, -0.25) is 5.41 Å². The van der Waals surface area contributed by atoms with Gasteiger partial charge in [-0.1, -0.05) is 24.9 Å². The maximum absolute atomic E-state index is 12.0. The molecule has 2 nitrogen and oxygen atoms in total. The average molecular weight is 229 g/mol. The summed E-state index contributed by atoms with van der Waals surface area (Å²) in [6.45, 7) is 1.89. The van der Waals surface area contributed by atoms with Crippen molar-refractivity contribution in [1.29, 1.82) is 5.41 Å². The molecule has 0 aliphatic heterocycles. The first kappa shape index (κ1) is 13.3. The number of allylic oxidation sites excluding steroid dienone is 2. The van der Waals surface area contributed by atoms with Crippen LogP contribution in [0.3, 0.4) is 0 Å². The highest BCUT2D eigenvalue weighted by molar-refractivity contribution is 6.44. The minimum absolute atomic E-state index is 0.0733. The molecule has 0 saturated carbocycles. The Morgan fingerprint density at radius 3 is 2.29 bits per heavy atom. The average Bonchev–Trinajstić information content (AvgIpc) is 2.10. The Balaban J connectivity index is 4.57. The number of hydrogen-bond donors (Lipinski definition) is 2. The van der Waals surface area contributed by atoms with Gasteiger partial charge in [0.15, 0.2) is 5.71 Å². The Morgan fingerprint density at radius 1 is 1.43 bits per heavy atom. The van der Waals surface area contributed by atoms with Crippen LogP contribution in [0.15, 0.2) is 10.7 Å². The SMILES string of the molecule is CCCC/C(N)=C(\Cl)C(=N)C(F)(F)F. The van der Waals surface area contributed by atoms with Gasteiger partial charge < -0.3 is 5.73 Å². The highest BCUT2D eigenvalue weighted by atomic mass is 35.5. The van der Waals surface area contributed by atoms with Crippen LogP contribution in [0.2, 0.25) is 0 Å². The summed E-state index contributed by atoms with van der Waals surface area (Å²) in [4.78, 5) is 0. The van der Waals surface area contributed by atoms with Gasteiger partial charge in [0.2, 0.25) is 0 Å². The standard InChI is InChI=1S/C8H12ClF3N2/c1-2-3-4-5(13)6(9)7(14)8(10,11)12/h14H,2-4,13H2,1H3/b6-5+,14-7?. The molecule has 0 rings (SSSR count). The molecular formula is C8H12ClF3N2. The second-order valence-electron chi connectivity index (χ2n) is 2.82. The number of unbranched alkanes of at least 4 members (excludes halogenated alkanes) is 1. The van der Waals surface area contributed by atoms with Crippen molar-refractivity contribution in [1.82, 2.24) is 0 Å². The van der Waals surface area contributed by atoms with Gasteiger partial charge in [0, 0.05) is 5.70 Å². The zero-order valence-corrected chi connectivity index (χ0v) is 8.47. The van der Waals surface area contributed by atoms with Gasteiger partial charge in [0.25, 0.3) is 0 Å². The van der Waals surface area contributed by atoms with Gasteiger partial charge in [0.1, 0.15) is 0 Å². The summed E-state index contributed by atoms with van der Waals surface area (Å²) < 4.78 is 36.0. The first-order chi connectivity index (χ1) is 6.30. The summed E-state index contributed by atoms with van der Waals surface area (Å²) in [6.07, 6.45) is -2.97. The van der Waals surface area contributed by atoms with Crippen LogP contribution in [0.4, 0.5) is 13.2 Å². The molecule has 0 radical (unpaired) electrons. The lowest BCUT2D eigenvalue weighted by Gasteiger charge is -2.09. The lowest BCUT2D eigenvalue weighted by molar-refractivity contribution is -0.0586. The molecule has 3 N–H and O–H groups in total. The molecular weight excluding hydrogens is 217 g/mol. The zero-order chi connectivity index (χ0) is 11.4. The van der Waals surface area contributed by atoms with E-state index in [9.17, 15) is 13.2 Å². The second kappa shape index (κ2) is 5.24. The number of halogens is 4. The van der Waals surface area contributed by atoms with E-state index in [2.05, 4.69) is 0 Å². The third-order valence-electron chi connectivity index (χ3n) is 1.58. The molecule has 0 atom stereocenters. The Bertz CT molecular complexity index is 245. The first-order valence-corrected chi connectivity index (χ1v) is 4.48. The quantitative estimate of drug-likeness (QED) is 0.714. The van der Waals surface area contributed by atoms with Crippen LogP contribution in [0, 0.1) is 5.41 Å². The van der Waals surface area contributed by atoms with Crippen LogP contribution in [0.5, 0.6) is 0 Å². The van der Waals surface area contributed by atoms with Crippen LogP contribution < -0.4 is 5.73 Å². The van der Waals surface area contributed by atoms with Gasteiger partial charge in [-0.15, -0.1) is 0 Å². The minimum Gasteiger partial charge on any atom is -0.401 e. The number of hydrogen-bond acceptors (Lipinski definition) is 2. The fourth-order valence-electron chi connectivity index (χ4n) is 0.762. The van der Waals surface area contributed by atoms with E-state index >= 15 is 0 Å². The van der Waals surface area contributed by atoms with Crippen molar-refractivity contribution in [2.75, 3.05) is 0 Å². The Kier molecular flexibility index (Phi) is 4.97. The highest BCUT2D eigenvalue weighted by Crippen LogP contribution is 2.25. The molecule has 14 heavy (non-hydrogen) atoms. The summed E-state index contributed by atoms with van der Waals surface area (Å²) in [5, 5.41) is 6.03. The summed E-state index contributed by atoms with van der Waals surface area (Å²) in [5.74, 6) is 0. The van der Waals surface area contributed by atoms with Gasteiger partial charge in [0.05, 0.1) is 5.03 Å². The molecule has 0 aromatic heterocycles. The van der Waals surface area contributed by atoms with E-state index in [0.29, 0.717) is 6.42 Å². The predicted molar refractivity (Wildman–Crippen MR) is 50.4 cm³/mol. The third kappa shape index (κ3) is 4.00. The van der Waals surface area contributed by atoms with Crippen molar-refractivity contribution in [2.24, 2.45) is 5.73 Å². The highest BCUT2D eigenvalue weighted by Gasteiger charge is 2.37. The fourth-order valence-corrected chi connectivity index (χ4v) is 0.964. The number of alkyl halides is 3. The zero-order valence-electron chi connectivity index (χ0n) is 7.71.